The Morgan fingerprint density at radius 3 is 2.61 bits per heavy atom. The minimum absolute atomic E-state index is 0.0765. The van der Waals surface area contributed by atoms with E-state index >= 15 is 0 Å². The lowest BCUT2D eigenvalue weighted by Gasteiger charge is -2.26. The number of nitrogens with one attached hydrogen (secondary N) is 1. The maximum atomic E-state index is 12.5. The van der Waals surface area contributed by atoms with Gasteiger partial charge in [0.1, 0.15) is 10.8 Å². The van der Waals surface area contributed by atoms with E-state index in [1.165, 1.54) is 5.56 Å². The van der Waals surface area contributed by atoms with Crippen LogP contribution in [0.3, 0.4) is 0 Å². The lowest BCUT2D eigenvalue weighted by molar-refractivity contribution is -0.115. The highest BCUT2D eigenvalue weighted by Crippen LogP contribution is 2.25. The molecule has 6 nitrogen and oxygen atoms in total. The number of carbonyl (C=O) groups is 1. The molecule has 4 rings (SSSR count). The number of rotatable bonds is 10. The number of aromatic nitrogens is 1. The number of unbranched alkanes of at least 4 members (excludes halogenated alkanes) is 1. The van der Waals surface area contributed by atoms with Crippen molar-refractivity contribution in [3.05, 3.63) is 65.2 Å². The summed E-state index contributed by atoms with van der Waals surface area (Å²) in [5.41, 5.74) is 3.91. The average Bonchev–Trinajstić information content (AvgIpc) is 3.30. The fraction of sp³-hybridized carbons (Fsp3) is 0.385. The van der Waals surface area contributed by atoms with Crippen LogP contribution >= 0.6 is 11.3 Å². The number of hydrogen-bond donors (Lipinski definition) is 1. The van der Waals surface area contributed by atoms with Crippen molar-refractivity contribution >= 4 is 22.9 Å². The fourth-order valence-corrected chi connectivity index (χ4v) is 4.46. The number of anilines is 1. The number of ether oxygens (including phenoxy) is 2. The topological polar surface area (TPSA) is 63.7 Å². The summed E-state index contributed by atoms with van der Waals surface area (Å²) >= 11 is 1.57. The zero-order valence-corrected chi connectivity index (χ0v) is 19.9. The molecule has 0 unspecified atom stereocenters. The first-order valence-corrected chi connectivity index (χ1v) is 12.4. The monoisotopic (exact) mass is 465 g/mol. The quantitative estimate of drug-likeness (QED) is 0.427. The summed E-state index contributed by atoms with van der Waals surface area (Å²) in [7, 11) is 0. The summed E-state index contributed by atoms with van der Waals surface area (Å²) in [4.78, 5) is 19.5. The van der Waals surface area contributed by atoms with E-state index in [0.717, 1.165) is 73.4 Å². The Kier molecular flexibility index (Phi) is 8.47. The molecule has 3 aromatic rings. The van der Waals surface area contributed by atoms with Gasteiger partial charge in [-0.3, -0.25) is 9.69 Å². The summed E-state index contributed by atoms with van der Waals surface area (Å²) in [6, 6.07) is 16.0. The Balaban J connectivity index is 1.27. The second kappa shape index (κ2) is 11.9. The van der Waals surface area contributed by atoms with E-state index in [2.05, 4.69) is 46.4 Å². The van der Waals surface area contributed by atoms with Crippen LogP contribution in [0.25, 0.3) is 10.6 Å². The molecule has 1 aliphatic rings. The van der Waals surface area contributed by atoms with Crippen LogP contribution < -0.4 is 10.1 Å². The number of nitrogens with zero attached hydrogens (tertiary/aromatic N) is 2. The van der Waals surface area contributed by atoms with E-state index in [4.69, 9.17) is 9.47 Å². The van der Waals surface area contributed by atoms with E-state index < -0.39 is 0 Å². The second-order valence-electron chi connectivity index (χ2n) is 8.18. The SMILES string of the molecule is CCCCOc1ccc(NC(=O)Cc2csc(-c3ccc(CN4CCOCC4)cc3)n2)cc1. The molecule has 1 fully saturated rings. The predicted molar refractivity (Wildman–Crippen MR) is 133 cm³/mol. The Labute approximate surface area is 199 Å². The Bertz CT molecular complexity index is 1010. The summed E-state index contributed by atoms with van der Waals surface area (Å²) in [5.74, 6) is 0.744. The molecule has 0 spiro atoms. The number of thiazole rings is 1. The first-order valence-electron chi connectivity index (χ1n) is 11.6. The summed E-state index contributed by atoms with van der Waals surface area (Å²) in [5, 5.41) is 5.83. The van der Waals surface area contributed by atoms with Crippen LogP contribution in [-0.4, -0.2) is 48.7 Å². The van der Waals surface area contributed by atoms with Gasteiger partial charge in [-0.1, -0.05) is 37.6 Å². The molecule has 2 aromatic carbocycles. The third-order valence-electron chi connectivity index (χ3n) is 5.51. The Morgan fingerprint density at radius 2 is 1.88 bits per heavy atom. The molecule has 2 heterocycles. The summed E-state index contributed by atoms with van der Waals surface area (Å²) in [6.07, 6.45) is 2.39. The maximum absolute atomic E-state index is 12.5. The van der Waals surface area contributed by atoms with E-state index in [1.807, 2.05) is 29.6 Å². The molecular formula is C26H31N3O3S. The third kappa shape index (κ3) is 7.12. The molecule has 1 saturated heterocycles. The molecule has 33 heavy (non-hydrogen) atoms. The predicted octanol–water partition coefficient (Wildman–Crippen LogP) is 5.00. The average molecular weight is 466 g/mol. The number of morpholine rings is 1. The fourth-order valence-electron chi connectivity index (χ4n) is 3.63. The number of carbonyl (C=O) groups excluding carboxylic acids is 1. The van der Waals surface area contributed by atoms with E-state index in [9.17, 15) is 4.79 Å². The van der Waals surface area contributed by atoms with Gasteiger partial charge in [0.05, 0.1) is 31.9 Å². The second-order valence-corrected chi connectivity index (χ2v) is 9.04. The van der Waals surface area contributed by atoms with Crippen molar-refractivity contribution in [3.63, 3.8) is 0 Å². The summed E-state index contributed by atoms with van der Waals surface area (Å²) < 4.78 is 11.1. The van der Waals surface area contributed by atoms with Crippen molar-refractivity contribution < 1.29 is 14.3 Å². The zero-order valence-electron chi connectivity index (χ0n) is 19.1. The van der Waals surface area contributed by atoms with Crippen molar-refractivity contribution in [1.82, 2.24) is 9.88 Å². The van der Waals surface area contributed by atoms with Crippen molar-refractivity contribution in [1.29, 1.82) is 0 Å². The van der Waals surface area contributed by atoms with Gasteiger partial charge in [0, 0.05) is 36.3 Å². The number of amides is 1. The highest BCUT2D eigenvalue weighted by molar-refractivity contribution is 7.13. The van der Waals surface area contributed by atoms with Crippen molar-refractivity contribution in [3.8, 4) is 16.3 Å². The minimum Gasteiger partial charge on any atom is -0.494 e. The molecule has 7 heteroatoms. The van der Waals surface area contributed by atoms with Crippen molar-refractivity contribution in [2.45, 2.75) is 32.7 Å². The van der Waals surface area contributed by atoms with Crippen LogP contribution in [-0.2, 0) is 22.5 Å². The molecule has 1 amide bonds. The molecule has 0 radical (unpaired) electrons. The van der Waals surface area contributed by atoms with Crippen LogP contribution in [0.15, 0.2) is 53.9 Å². The van der Waals surface area contributed by atoms with Crippen LogP contribution in [0.5, 0.6) is 5.75 Å². The van der Waals surface area contributed by atoms with Gasteiger partial charge in [0.15, 0.2) is 0 Å². The van der Waals surface area contributed by atoms with Gasteiger partial charge in [-0.25, -0.2) is 4.98 Å². The van der Waals surface area contributed by atoms with Crippen LogP contribution in [0, 0.1) is 0 Å². The van der Waals surface area contributed by atoms with E-state index in [0.29, 0.717) is 6.61 Å². The molecule has 174 valence electrons. The molecule has 0 aliphatic carbocycles. The van der Waals surface area contributed by atoms with Crippen molar-refractivity contribution in [2.24, 2.45) is 0 Å². The lowest BCUT2D eigenvalue weighted by atomic mass is 10.1. The van der Waals surface area contributed by atoms with Gasteiger partial charge in [-0.2, -0.15) is 0 Å². The molecule has 0 saturated carbocycles. The van der Waals surface area contributed by atoms with Gasteiger partial charge in [-0.15, -0.1) is 11.3 Å². The first kappa shape index (κ1) is 23.4. The normalized spacial score (nSPS) is 14.2. The van der Waals surface area contributed by atoms with Crippen molar-refractivity contribution in [2.75, 3.05) is 38.2 Å². The van der Waals surface area contributed by atoms with Gasteiger partial charge >= 0.3 is 0 Å². The zero-order chi connectivity index (χ0) is 22.9. The molecular weight excluding hydrogens is 434 g/mol. The van der Waals surface area contributed by atoms with Gasteiger partial charge in [-0.05, 0) is 36.2 Å². The Hall–Kier alpha value is -2.74. The smallest absolute Gasteiger partial charge is 0.230 e. The molecule has 1 aliphatic heterocycles. The van der Waals surface area contributed by atoms with Crippen LogP contribution in [0.2, 0.25) is 0 Å². The summed E-state index contributed by atoms with van der Waals surface area (Å²) in [6.45, 7) is 7.38. The lowest BCUT2D eigenvalue weighted by Crippen LogP contribution is -2.35. The number of hydrogen-bond acceptors (Lipinski definition) is 6. The van der Waals surface area contributed by atoms with Gasteiger partial charge in [0.25, 0.3) is 0 Å². The van der Waals surface area contributed by atoms with E-state index in [1.54, 1.807) is 11.3 Å². The van der Waals surface area contributed by atoms with Gasteiger partial charge < -0.3 is 14.8 Å². The standard InChI is InChI=1S/C26H31N3O3S/c1-2-3-14-32-24-10-8-22(9-11-24)27-25(30)17-23-19-33-26(28-23)21-6-4-20(5-7-21)18-29-12-15-31-16-13-29/h4-11,19H,2-3,12-18H2,1H3,(H,27,30). The number of benzene rings is 2. The maximum Gasteiger partial charge on any atom is 0.230 e. The minimum atomic E-state index is -0.0765. The largest absolute Gasteiger partial charge is 0.494 e. The molecule has 0 atom stereocenters. The highest BCUT2D eigenvalue weighted by Gasteiger charge is 2.12. The van der Waals surface area contributed by atoms with Crippen LogP contribution in [0.1, 0.15) is 31.0 Å². The highest BCUT2D eigenvalue weighted by atomic mass is 32.1. The Morgan fingerprint density at radius 1 is 1.12 bits per heavy atom. The molecule has 1 N–H and O–H groups in total. The van der Waals surface area contributed by atoms with Crippen LogP contribution in [0.4, 0.5) is 5.69 Å². The third-order valence-corrected chi connectivity index (χ3v) is 6.45. The van der Waals surface area contributed by atoms with E-state index in [-0.39, 0.29) is 12.3 Å². The first-order chi connectivity index (χ1) is 16.2. The molecule has 1 aromatic heterocycles. The van der Waals surface area contributed by atoms with Gasteiger partial charge in [0.2, 0.25) is 5.91 Å². The molecule has 0 bridgehead atoms.